The number of ether oxygens (including phenoxy) is 2. The highest BCUT2D eigenvalue weighted by Gasteiger charge is 2.40. The molecule has 0 bridgehead atoms. The molecule has 0 spiro atoms. The zero-order valence-electron chi connectivity index (χ0n) is 15.5. The number of aliphatic carboxylic acids is 2. The van der Waals surface area contributed by atoms with Crippen LogP contribution in [0.5, 0.6) is 0 Å². The first-order chi connectivity index (χ1) is 11.1. The Labute approximate surface area is 146 Å². The Hall–Kier alpha value is -2.32. The smallest absolute Gasteiger partial charge is 0.420 e. The van der Waals surface area contributed by atoms with Crippen LogP contribution in [0, 0.1) is 0 Å². The summed E-state index contributed by atoms with van der Waals surface area (Å²) in [7, 11) is 0. The van der Waals surface area contributed by atoms with Crippen molar-refractivity contribution in [2.45, 2.75) is 78.0 Å². The fourth-order valence-corrected chi connectivity index (χ4v) is 1.76. The van der Waals surface area contributed by atoms with Gasteiger partial charge in [0.15, 0.2) is 0 Å². The maximum Gasteiger partial charge on any atom is 0.420 e. The monoisotopic (exact) mass is 361 g/mol. The number of hydrogen-bond acceptors (Lipinski definition) is 6. The van der Waals surface area contributed by atoms with Gasteiger partial charge in [0.05, 0.1) is 0 Å². The van der Waals surface area contributed by atoms with Crippen molar-refractivity contribution in [3.8, 4) is 0 Å². The van der Waals surface area contributed by atoms with Crippen LogP contribution >= 0.6 is 0 Å². The second kappa shape index (κ2) is 8.68. The molecule has 0 fully saturated rings. The number of nitrogens with zero attached hydrogens (tertiary/aromatic N) is 1. The van der Waals surface area contributed by atoms with Gasteiger partial charge in [0.25, 0.3) is 0 Å². The summed E-state index contributed by atoms with van der Waals surface area (Å²) >= 11 is 0. The standard InChI is InChI=1S/C16H27NO8/c1-15(2,3)24-13(22)17(14(23)25-16(4,5)6)10(12(20)21)8-7-9-11(18)19/h10H,7-9H2,1-6H3,(H,18,19)(H,20,21). The van der Waals surface area contributed by atoms with Gasteiger partial charge in [-0.3, -0.25) is 4.79 Å². The highest BCUT2D eigenvalue weighted by Crippen LogP contribution is 2.19. The summed E-state index contributed by atoms with van der Waals surface area (Å²) in [6.07, 6.45) is -2.89. The summed E-state index contributed by atoms with van der Waals surface area (Å²) in [5.74, 6) is -2.56. The molecule has 2 N–H and O–H groups in total. The van der Waals surface area contributed by atoms with Crippen LogP contribution in [-0.2, 0) is 19.1 Å². The van der Waals surface area contributed by atoms with Crippen molar-refractivity contribution >= 4 is 24.1 Å². The van der Waals surface area contributed by atoms with E-state index in [0.29, 0.717) is 4.90 Å². The first-order valence-electron chi connectivity index (χ1n) is 7.84. The molecule has 9 heteroatoms. The predicted molar refractivity (Wildman–Crippen MR) is 87.2 cm³/mol. The topological polar surface area (TPSA) is 130 Å². The van der Waals surface area contributed by atoms with Crippen LogP contribution in [0.2, 0.25) is 0 Å². The number of carboxylic acid groups (broad SMARTS) is 2. The molecule has 0 aromatic rings. The molecular formula is C16H27NO8. The van der Waals surface area contributed by atoms with Gasteiger partial charge in [-0.05, 0) is 54.4 Å². The van der Waals surface area contributed by atoms with Crippen molar-refractivity contribution in [3.63, 3.8) is 0 Å². The summed E-state index contributed by atoms with van der Waals surface area (Å²) < 4.78 is 10.2. The number of carbonyl (C=O) groups excluding carboxylic acids is 2. The summed E-state index contributed by atoms with van der Waals surface area (Å²) in [4.78, 5) is 47.3. The second-order valence-electron chi connectivity index (χ2n) is 7.47. The van der Waals surface area contributed by atoms with Gasteiger partial charge >= 0.3 is 24.1 Å². The molecule has 1 atom stereocenters. The third-order valence-electron chi connectivity index (χ3n) is 2.65. The Kier molecular flexibility index (Phi) is 7.88. The van der Waals surface area contributed by atoms with Gasteiger partial charge in [0.2, 0.25) is 0 Å². The maximum absolute atomic E-state index is 12.4. The van der Waals surface area contributed by atoms with Crippen LogP contribution in [0.4, 0.5) is 9.59 Å². The van der Waals surface area contributed by atoms with Crippen LogP contribution in [-0.4, -0.2) is 56.5 Å². The van der Waals surface area contributed by atoms with Crippen LogP contribution in [0.15, 0.2) is 0 Å². The predicted octanol–water partition coefficient (Wildman–Crippen LogP) is 2.87. The molecular weight excluding hydrogens is 334 g/mol. The fourth-order valence-electron chi connectivity index (χ4n) is 1.76. The summed E-state index contributed by atoms with van der Waals surface area (Å²) in [6, 6.07) is -1.59. The average Bonchev–Trinajstić information content (AvgIpc) is 2.32. The van der Waals surface area contributed by atoms with E-state index >= 15 is 0 Å². The third kappa shape index (κ3) is 9.53. The minimum absolute atomic E-state index is 0.0333. The molecule has 0 heterocycles. The van der Waals surface area contributed by atoms with E-state index in [4.69, 9.17) is 14.6 Å². The van der Waals surface area contributed by atoms with E-state index in [9.17, 15) is 24.3 Å². The minimum Gasteiger partial charge on any atom is -0.481 e. The Morgan fingerprint density at radius 3 is 1.56 bits per heavy atom. The lowest BCUT2D eigenvalue weighted by Gasteiger charge is -2.31. The molecule has 0 aliphatic heterocycles. The van der Waals surface area contributed by atoms with Gasteiger partial charge < -0.3 is 19.7 Å². The van der Waals surface area contributed by atoms with Crippen molar-refractivity contribution in [2.75, 3.05) is 0 Å². The number of carboxylic acids is 2. The Bertz CT molecular complexity index is 487. The molecule has 0 aromatic heterocycles. The normalized spacial score (nSPS) is 12.9. The van der Waals surface area contributed by atoms with Crippen molar-refractivity contribution in [1.29, 1.82) is 0 Å². The summed E-state index contributed by atoms with van der Waals surface area (Å²) in [5, 5.41) is 18.1. The van der Waals surface area contributed by atoms with Gasteiger partial charge in [-0.2, -0.15) is 4.90 Å². The van der Waals surface area contributed by atoms with E-state index in [0.717, 1.165) is 0 Å². The highest BCUT2D eigenvalue weighted by atomic mass is 16.6. The zero-order chi connectivity index (χ0) is 20.0. The molecule has 2 amide bonds. The largest absolute Gasteiger partial charge is 0.481 e. The van der Waals surface area contributed by atoms with E-state index in [1.165, 1.54) is 0 Å². The lowest BCUT2D eigenvalue weighted by atomic mass is 10.1. The average molecular weight is 361 g/mol. The second-order valence-corrected chi connectivity index (χ2v) is 7.47. The lowest BCUT2D eigenvalue weighted by molar-refractivity contribution is -0.144. The van der Waals surface area contributed by atoms with Crippen molar-refractivity contribution < 1.29 is 38.9 Å². The van der Waals surface area contributed by atoms with Gasteiger partial charge in [-0.15, -0.1) is 0 Å². The Morgan fingerprint density at radius 1 is 0.880 bits per heavy atom. The van der Waals surface area contributed by atoms with Gasteiger partial charge in [0, 0.05) is 6.42 Å². The number of carbonyl (C=O) groups is 4. The van der Waals surface area contributed by atoms with Gasteiger partial charge in [-0.25, -0.2) is 14.4 Å². The molecule has 0 saturated heterocycles. The Balaban J connectivity index is 5.55. The zero-order valence-corrected chi connectivity index (χ0v) is 15.5. The van der Waals surface area contributed by atoms with E-state index in [-0.39, 0.29) is 19.3 Å². The molecule has 0 rings (SSSR count). The lowest BCUT2D eigenvalue weighted by Crippen LogP contribution is -2.52. The molecule has 25 heavy (non-hydrogen) atoms. The SMILES string of the molecule is CC(C)(C)OC(=O)N(C(=O)OC(C)(C)C)C(CCCC(=O)O)C(=O)O. The maximum atomic E-state index is 12.4. The summed E-state index contributed by atoms with van der Waals surface area (Å²) in [6.45, 7) is 9.41. The van der Waals surface area contributed by atoms with Crippen LogP contribution in [0.1, 0.15) is 60.8 Å². The van der Waals surface area contributed by atoms with E-state index < -0.39 is 41.4 Å². The molecule has 0 saturated carbocycles. The molecule has 1 unspecified atom stereocenters. The number of rotatable bonds is 6. The quantitative estimate of drug-likeness (QED) is 0.738. The van der Waals surface area contributed by atoms with Crippen molar-refractivity contribution in [1.82, 2.24) is 4.90 Å². The van der Waals surface area contributed by atoms with Gasteiger partial charge in [-0.1, -0.05) is 0 Å². The first-order valence-corrected chi connectivity index (χ1v) is 7.84. The fraction of sp³-hybridized carbons (Fsp3) is 0.750. The molecule has 0 radical (unpaired) electrons. The minimum atomic E-state index is -1.59. The van der Waals surface area contributed by atoms with Crippen LogP contribution < -0.4 is 0 Å². The molecule has 144 valence electrons. The molecule has 0 aliphatic carbocycles. The van der Waals surface area contributed by atoms with E-state index in [1.807, 2.05) is 0 Å². The Morgan fingerprint density at radius 2 is 1.28 bits per heavy atom. The number of hydrogen-bond donors (Lipinski definition) is 2. The van der Waals surface area contributed by atoms with E-state index in [2.05, 4.69) is 0 Å². The van der Waals surface area contributed by atoms with Crippen LogP contribution in [0.25, 0.3) is 0 Å². The third-order valence-corrected chi connectivity index (χ3v) is 2.65. The number of imide groups is 1. The van der Waals surface area contributed by atoms with Crippen molar-refractivity contribution in [2.24, 2.45) is 0 Å². The first kappa shape index (κ1) is 22.7. The van der Waals surface area contributed by atoms with E-state index in [1.54, 1.807) is 41.5 Å². The van der Waals surface area contributed by atoms with Crippen molar-refractivity contribution in [3.05, 3.63) is 0 Å². The molecule has 0 aliphatic rings. The molecule has 9 nitrogen and oxygen atoms in total. The molecule has 0 aromatic carbocycles. The summed E-state index contributed by atoms with van der Waals surface area (Å²) in [5.41, 5.74) is -1.91. The van der Waals surface area contributed by atoms with Gasteiger partial charge in [0.1, 0.15) is 17.2 Å². The highest BCUT2D eigenvalue weighted by molar-refractivity contribution is 5.93. The van der Waals surface area contributed by atoms with Crippen LogP contribution in [0.3, 0.4) is 0 Å². The number of amides is 2.